The Labute approximate surface area is 113 Å². The van der Waals surface area contributed by atoms with Crippen molar-refractivity contribution >= 4 is 0 Å². The van der Waals surface area contributed by atoms with Crippen molar-refractivity contribution in [1.82, 2.24) is 9.80 Å². The summed E-state index contributed by atoms with van der Waals surface area (Å²) in [6.07, 6.45) is 0. The van der Waals surface area contributed by atoms with Crippen LogP contribution in [0.1, 0.15) is 25.4 Å². The molecular weight excluding hydrogens is 244 g/mol. The van der Waals surface area contributed by atoms with E-state index < -0.39 is 0 Å². The van der Waals surface area contributed by atoms with Crippen LogP contribution in [0.25, 0.3) is 0 Å². The van der Waals surface area contributed by atoms with Gasteiger partial charge in [-0.25, -0.2) is 0 Å². The maximum atomic E-state index is 11.5. The molecule has 1 fully saturated rings. The Morgan fingerprint density at radius 2 is 1.95 bits per heavy atom. The molecule has 19 heavy (non-hydrogen) atoms. The van der Waals surface area contributed by atoms with Gasteiger partial charge in [0.1, 0.15) is 5.76 Å². The fourth-order valence-electron chi connectivity index (χ4n) is 2.41. The van der Waals surface area contributed by atoms with Crippen LogP contribution in [-0.2, 0) is 6.54 Å². The van der Waals surface area contributed by atoms with Crippen LogP contribution in [0.15, 0.2) is 15.3 Å². The number of piperazine rings is 1. The molecule has 106 valence electrons. The quantitative estimate of drug-likeness (QED) is 0.890. The predicted molar refractivity (Wildman–Crippen MR) is 73.4 cm³/mol. The summed E-state index contributed by atoms with van der Waals surface area (Å²) in [5.41, 5.74) is -0.362. The average molecular weight is 266 g/mol. The van der Waals surface area contributed by atoms with Crippen LogP contribution in [0.5, 0.6) is 5.75 Å². The number of aromatic hydroxyl groups is 1. The molecule has 0 radical (unpaired) electrons. The van der Waals surface area contributed by atoms with Crippen molar-refractivity contribution in [2.24, 2.45) is 0 Å². The van der Waals surface area contributed by atoms with Gasteiger partial charge in [0.05, 0.1) is 6.54 Å². The lowest BCUT2D eigenvalue weighted by atomic mass is 10.2. The number of hydrogen-bond donors (Lipinski definition) is 1. The van der Waals surface area contributed by atoms with Crippen molar-refractivity contribution in [1.29, 1.82) is 0 Å². The maximum Gasteiger partial charge on any atom is 0.227 e. The highest BCUT2D eigenvalue weighted by Crippen LogP contribution is 2.17. The molecular formula is C14H22N2O3. The van der Waals surface area contributed by atoms with Crippen molar-refractivity contribution in [3.63, 3.8) is 0 Å². The molecule has 0 saturated carbocycles. The minimum atomic E-state index is -0.362. The van der Waals surface area contributed by atoms with Crippen molar-refractivity contribution in [2.45, 2.75) is 33.4 Å². The molecule has 0 aromatic carbocycles. The molecule has 2 rings (SSSR count). The molecule has 0 amide bonds. The molecule has 1 N–H and O–H groups in total. The zero-order chi connectivity index (χ0) is 14.0. The van der Waals surface area contributed by atoms with Gasteiger partial charge in [-0.2, -0.15) is 0 Å². The van der Waals surface area contributed by atoms with Crippen molar-refractivity contribution < 1.29 is 9.52 Å². The van der Waals surface area contributed by atoms with Crippen LogP contribution in [-0.4, -0.2) is 47.1 Å². The molecule has 1 aliphatic heterocycles. The first-order valence-electron chi connectivity index (χ1n) is 6.76. The summed E-state index contributed by atoms with van der Waals surface area (Å²) < 4.78 is 5.46. The molecule has 1 aromatic rings. The smallest absolute Gasteiger partial charge is 0.227 e. The van der Waals surface area contributed by atoms with Crippen LogP contribution >= 0.6 is 0 Å². The van der Waals surface area contributed by atoms with Crippen LogP contribution in [0.3, 0.4) is 0 Å². The van der Waals surface area contributed by atoms with Crippen LogP contribution in [0.4, 0.5) is 0 Å². The van der Waals surface area contributed by atoms with E-state index in [1.54, 1.807) is 6.92 Å². The Hall–Kier alpha value is -1.33. The normalized spacial score (nSPS) is 18.1. The van der Waals surface area contributed by atoms with Gasteiger partial charge in [-0.05, 0) is 20.8 Å². The minimum Gasteiger partial charge on any atom is -0.502 e. The first-order valence-corrected chi connectivity index (χ1v) is 6.76. The Kier molecular flexibility index (Phi) is 4.27. The number of nitrogens with zero attached hydrogens (tertiary/aromatic N) is 2. The first-order chi connectivity index (χ1) is 8.97. The summed E-state index contributed by atoms with van der Waals surface area (Å²) in [7, 11) is 0. The molecule has 0 spiro atoms. The Bertz CT molecular complexity index is 488. The second-order valence-electron chi connectivity index (χ2n) is 5.40. The number of hydrogen-bond acceptors (Lipinski definition) is 5. The third kappa shape index (κ3) is 3.36. The summed E-state index contributed by atoms with van der Waals surface area (Å²) in [5.74, 6) is 0.665. The van der Waals surface area contributed by atoms with Gasteiger partial charge >= 0.3 is 0 Å². The van der Waals surface area contributed by atoms with E-state index in [0.717, 1.165) is 26.2 Å². The summed E-state index contributed by atoms with van der Waals surface area (Å²) >= 11 is 0. The number of aryl methyl sites for hydroxylation is 1. The van der Waals surface area contributed by atoms with E-state index in [-0.39, 0.29) is 11.2 Å². The highest BCUT2D eigenvalue weighted by Gasteiger charge is 2.21. The molecule has 0 bridgehead atoms. The lowest BCUT2D eigenvalue weighted by molar-refractivity contribution is 0.0972. The van der Waals surface area contributed by atoms with E-state index in [1.165, 1.54) is 6.07 Å². The van der Waals surface area contributed by atoms with Crippen molar-refractivity contribution in [3.05, 3.63) is 27.8 Å². The van der Waals surface area contributed by atoms with Crippen LogP contribution in [0, 0.1) is 6.92 Å². The third-order valence-corrected chi connectivity index (χ3v) is 3.62. The SMILES string of the molecule is Cc1cc(=O)c(O)c(CN2CCN(C(C)C)CC2)o1. The monoisotopic (exact) mass is 266 g/mol. The Morgan fingerprint density at radius 1 is 1.32 bits per heavy atom. The van der Waals surface area contributed by atoms with E-state index in [4.69, 9.17) is 4.42 Å². The molecule has 0 aliphatic carbocycles. The van der Waals surface area contributed by atoms with E-state index in [2.05, 4.69) is 23.6 Å². The largest absolute Gasteiger partial charge is 0.502 e. The molecule has 2 heterocycles. The van der Waals surface area contributed by atoms with Gasteiger partial charge in [-0.3, -0.25) is 14.6 Å². The van der Waals surface area contributed by atoms with Gasteiger partial charge < -0.3 is 9.52 Å². The highest BCUT2D eigenvalue weighted by molar-refractivity contribution is 5.24. The molecule has 0 atom stereocenters. The van der Waals surface area contributed by atoms with Gasteiger partial charge in [-0.15, -0.1) is 0 Å². The second kappa shape index (κ2) is 5.75. The standard InChI is InChI=1S/C14H22N2O3/c1-10(2)16-6-4-15(5-7-16)9-13-14(18)12(17)8-11(3)19-13/h8,10,18H,4-7,9H2,1-3H3. The fourth-order valence-corrected chi connectivity index (χ4v) is 2.41. The van der Waals surface area contributed by atoms with E-state index in [0.29, 0.717) is 24.1 Å². The minimum absolute atomic E-state index is 0.253. The average Bonchev–Trinajstić information content (AvgIpc) is 2.36. The third-order valence-electron chi connectivity index (χ3n) is 3.62. The molecule has 0 unspecified atom stereocenters. The molecule has 1 saturated heterocycles. The Morgan fingerprint density at radius 3 is 2.53 bits per heavy atom. The number of rotatable bonds is 3. The van der Waals surface area contributed by atoms with Crippen LogP contribution < -0.4 is 5.43 Å². The topological polar surface area (TPSA) is 56.9 Å². The first kappa shape index (κ1) is 14.1. The fraction of sp³-hybridized carbons (Fsp3) is 0.643. The van der Waals surface area contributed by atoms with Gasteiger partial charge in [0, 0.05) is 38.3 Å². The van der Waals surface area contributed by atoms with E-state index in [9.17, 15) is 9.90 Å². The zero-order valence-corrected chi connectivity index (χ0v) is 11.8. The van der Waals surface area contributed by atoms with Crippen molar-refractivity contribution in [3.8, 4) is 5.75 Å². The predicted octanol–water partition coefficient (Wildman–Crippen LogP) is 1.18. The van der Waals surface area contributed by atoms with E-state index >= 15 is 0 Å². The lowest BCUT2D eigenvalue weighted by Crippen LogP contribution is -2.48. The lowest BCUT2D eigenvalue weighted by Gasteiger charge is -2.36. The van der Waals surface area contributed by atoms with Gasteiger partial charge in [0.2, 0.25) is 11.2 Å². The Balaban J connectivity index is 2.02. The van der Waals surface area contributed by atoms with Gasteiger partial charge in [-0.1, -0.05) is 0 Å². The molecule has 1 aliphatic rings. The van der Waals surface area contributed by atoms with Gasteiger partial charge in [0.25, 0.3) is 0 Å². The zero-order valence-electron chi connectivity index (χ0n) is 11.8. The summed E-state index contributed by atoms with van der Waals surface area (Å²) in [4.78, 5) is 16.1. The summed E-state index contributed by atoms with van der Waals surface area (Å²) in [6, 6.07) is 1.88. The highest BCUT2D eigenvalue weighted by atomic mass is 16.4. The summed E-state index contributed by atoms with van der Waals surface area (Å²) in [6.45, 7) is 10.5. The second-order valence-corrected chi connectivity index (χ2v) is 5.40. The van der Waals surface area contributed by atoms with E-state index in [1.807, 2.05) is 0 Å². The molecule has 1 aromatic heterocycles. The maximum absolute atomic E-state index is 11.5. The van der Waals surface area contributed by atoms with Gasteiger partial charge in [0.15, 0.2) is 5.76 Å². The van der Waals surface area contributed by atoms with Crippen LogP contribution in [0.2, 0.25) is 0 Å². The molecule has 5 heteroatoms. The van der Waals surface area contributed by atoms with Crippen molar-refractivity contribution in [2.75, 3.05) is 26.2 Å². The summed E-state index contributed by atoms with van der Waals surface area (Å²) in [5, 5.41) is 9.75. The molecule has 5 nitrogen and oxygen atoms in total.